The number of nitrogens with one attached hydrogen (secondary N) is 1. The van der Waals surface area contributed by atoms with E-state index in [4.69, 9.17) is 16.3 Å². The number of hydrogen-bond donors (Lipinski definition) is 1. The number of hydrogen-bond acceptors (Lipinski definition) is 3. The second-order valence-corrected chi connectivity index (χ2v) is 6.80. The summed E-state index contributed by atoms with van der Waals surface area (Å²) in [6.45, 7) is 5.42. The molecule has 26 heavy (non-hydrogen) atoms. The Morgan fingerprint density at radius 3 is 2.54 bits per heavy atom. The maximum absolute atomic E-state index is 12.4. The van der Waals surface area contributed by atoms with Gasteiger partial charge in [0.15, 0.2) is 0 Å². The molecular formula is C20H24ClN3O2. The topological polar surface area (TPSA) is 44.8 Å². The zero-order chi connectivity index (χ0) is 18.5. The first-order valence-corrected chi connectivity index (χ1v) is 9.12. The standard InChI is InChI=1S/C20H24ClN3O2/c1-15-13-16(7-8-19(15)26-2)14-22-20(25)24-11-9-23(10-12-24)18-6-4-3-5-17(18)21/h3-8,13H,9-12,14H2,1-2H3,(H,22,25). The number of rotatable bonds is 4. The number of ether oxygens (including phenoxy) is 1. The van der Waals surface area contributed by atoms with Crippen molar-refractivity contribution in [1.29, 1.82) is 0 Å². The highest BCUT2D eigenvalue weighted by atomic mass is 35.5. The minimum Gasteiger partial charge on any atom is -0.496 e. The molecule has 1 fully saturated rings. The van der Waals surface area contributed by atoms with Crippen LogP contribution in [0.1, 0.15) is 11.1 Å². The van der Waals surface area contributed by atoms with E-state index in [1.54, 1.807) is 7.11 Å². The number of carbonyl (C=O) groups excluding carboxylic acids is 1. The predicted molar refractivity (Wildman–Crippen MR) is 105 cm³/mol. The minimum absolute atomic E-state index is 0.0303. The molecule has 0 bridgehead atoms. The molecule has 2 aromatic carbocycles. The van der Waals surface area contributed by atoms with Gasteiger partial charge in [-0.15, -0.1) is 0 Å². The molecular weight excluding hydrogens is 350 g/mol. The first kappa shape index (κ1) is 18.4. The molecule has 1 aliphatic rings. The fourth-order valence-electron chi connectivity index (χ4n) is 3.20. The number of para-hydroxylation sites is 1. The number of methoxy groups -OCH3 is 1. The second kappa shape index (κ2) is 8.32. The zero-order valence-corrected chi connectivity index (χ0v) is 15.9. The van der Waals surface area contributed by atoms with E-state index in [9.17, 15) is 4.79 Å². The van der Waals surface area contributed by atoms with Crippen LogP contribution in [0.5, 0.6) is 5.75 Å². The number of benzene rings is 2. The number of amides is 2. The molecule has 6 heteroatoms. The van der Waals surface area contributed by atoms with Crippen LogP contribution < -0.4 is 15.0 Å². The number of carbonyl (C=O) groups is 1. The maximum atomic E-state index is 12.4. The molecule has 0 saturated carbocycles. The highest BCUT2D eigenvalue weighted by Gasteiger charge is 2.22. The van der Waals surface area contributed by atoms with Crippen molar-refractivity contribution in [3.05, 3.63) is 58.6 Å². The third kappa shape index (κ3) is 4.22. The van der Waals surface area contributed by atoms with E-state index in [1.165, 1.54) is 0 Å². The SMILES string of the molecule is COc1ccc(CNC(=O)N2CCN(c3ccccc3Cl)CC2)cc1C. The molecule has 0 radical (unpaired) electrons. The molecule has 1 aliphatic heterocycles. The number of nitrogens with zero attached hydrogens (tertiary/aromatic N) is 2. The van der Waals surface area contributed by atoms with Gasteiger partial charge in [0.05, 0.1) is 17.8 Å². The average molecular weight is 374 g/mol. The smallest absolute Gasteiger partial charge is 0.317 e. The Kier molecular flexibility index (Phi) is 5.89. The van der Waals surface area contributed by atoms with Gasteiger partial charge >= 0.3 is 6.03 Å². The maximum Gasteiger partial charge on any atom is 0.317 e. The molecule has 1 heterocycles. The summed E-state index contributed by atoms with van der Waals surface area (Å²) < 4.78 is 5.27. The Labute approximate surface area is 159 Å². The lowest BCUT2D eigenvalue weighted by Gasteiger charge is -2.36. The van der Waals surface area contributed by atoms with Crippen LogP contribution in [0.3, 0.4) is 0 Å². The molecule has 5 nitrogen and oxygen atoms in total. The zero-order valence-electron chi connectivity index (χ0n) is 15.2. The normalized spacial score (nSPS) is 14.3. The molecule has 3 rings (SSSR count). The van der Waals surface area contributed by atoms with Gasteiger partial charge < -0.3 is 19.9 Å². The van der Waals surface area contributed by atoms with E-state index >= 15 is 0 Å². The van der Waals surface area contributed by atoms with Gasteiger partial charge in [0.2, 0.25) is 0 Å². The van der Waals surface area contributed by atoms with Crippen molar-refractivity contribution in [1.82, 2.24) is 10.2 Å². The molecule has 0 atom stereocenters. The molecule has 2 amide bonds. The van der Waals surface area contributed by atoms with Crippen molar-refractivity contribution >= 4 is 23.3 Å². The third-order valence-corrected chi connectivity index (χ3v) is 4.98. The first-order chi connectivity index (χ1) is 12.6. The summed E-state index contributed by atoms with van der Waals surface area (Å²) in [5, 5.41) is 3.75. The minimum atomic E-state index is -0.0303. The van der Waals surface area contributed by atoms with Crippen LogP contribution in [0, 0.1) is 6.92 Å². The predicted octanol–water partition coefficient (Wildman–Crippen LogP) is 3.69. The molecule has 0 aromatic heterocycles. The molecule has 0 aliphatic carbocycles. The van der Waals surface area contributed by atoms with Crippen molar-refractivity contribution in [2.24, 2.45) is 0 Å². The lowest BCUT2D eigenvalue weighted by Crippen LogP contribution is -2.51. The van der Waals surface area contributed by atoms with Gasteiger partial charge in [0, 0.05) is 32.7 Å². The van der Waals surface area contributed by atoms with Gasteiger partial charge in [-0.3, -0.25) is 0 Å². The van der Waals surface area contributed by atoms with Crippen molar-refractivity contribution < 1.29 is 9.53 Å². The quantitative estimate of drug-likeness (QED) is 0.889. The molecule has 2 aromatic rings. The molecule has 138 valence electrons. The van der Waals surface area contributed by atoms with Gasteiger partial charge in [-0.25, -0.2) is 4.79 Å². The fraction of sp³-hybridized carbons (Fsp3) is 0.350. The average Bonchev–Trinajstić information content (AvgIpc) is 2.67. The van der Waals surface area contributed by atoms with E-state index in [0.717, 1.165) is 40.7 Å². The highest BCUT2D eigenvalue weighted by molar-refractivity contribution is 6.33. The summed E-state index contributed by atoms with van der Waals surface area (Å²) >= 11 is 6.26. The van der Waals surface area contributed by atoms with Gasteiger partial charge in [0.1, 0.15) is 5.75 Å². The lowest BCUT2D eigenvalue weighted by molar-refractivity contribution is 0.194. The molecule has 0 spiro atoms. The summed E-state index contributed by atoms with van der Waals surface area (Å²) in [7, 11) is 1.66. The molecule has 1 N–H and O–H groups in total. The second-order valence-electron chi connectivity index (χ2n) is 6.39. The van der Waals surface area contributed by atoms with Crippen LogP contribution in [-0.4, -0.2) is 44.2 Å². The van der Waals surface area contributed by atoms with Gasteiger partial charge in [0.25, 0.3) is 0 Å². The first-order valence-electron chi connectivity index (χ1n) is 8.74. The highest BCUT2D eigenvalue weighted by Crippen LogP contribution is 2.26. The van der Waals surface area contributed by atoms with Gasteiger partial charge in [-0.1, -0.05) is 35.9 Å². The Balaban J connectivity index is 1.51. The molecule has 0 unspecified atom stereocenters. The Bertz CT molecular complexity index is 773. The van der Waals surface area contributed by atoms with Crippen molar-refractivity contribution in [3.8, 4) is 5.75 Å². The van der Waals surface area contributed by atoms with Gasteiger partial charge in [-0.05, 0) is 36.2 Å². The van der Waals surface area contributed by atoms with Crippen LogP contribution >= 0.6 is 11.6 Å². The summed E-state index contributed by atoms with van der Waals surface area (Å²) in [4.78, 5) is 16.5. The van der Waals surface area contributed by atoms with E-state index in [1.807, 2.05) is 54.3 Å². The van der Waals surface area contributed by atoms with Crippen molar-refractivity contribution in [2.75, 3.05) is 38.2 Å². The monoisotopic (exact) mass is 373 g/mol. The Morgan fingerprint density at radius 2 is 1.88 bits per heavy atom. The van der Waals surface area contributed by atoms with E-state index < -0.39 is 0 Å². The summed E-state index contributed by atoms with van der Waals surface area (Å²) in [5.74, 6) is 0.857. The van der Waals surface area contributed by atoms with Crippen LogP contribution in [-0.2, 0) is 6.54 Å². The van der Waals surface area contributed by atoms with Crippen LogP contribution in [0.15, 0.2) is 42.5 Å². The number of halogens is 1. The fourth-order valence-corrected chi connectivity index (χ4v) is 3.45. The summed E-state index contributed by atoms with van der Waals surface area (Å²) in [6, 6.07) is 13.7. The van der Waals surface area contributed by atoms with E-state index in [2.05, 4.69) is 10.2 Å². The largest absolute Gasteiger partial charge is 0.496 e. The van der Waals surface area contributed by atoms with Crippen LogP contribution in [0.25, 0.3) is 0 Å². The van der Waals surface area contributed by atoms with Crippen LogP contribution in [0.4, 0.5) is 10.5 Å². The number of urea groups is 1. The molecule has 1 saturated heterocycles. The number of piperazine rings is 1. The van der Waals surface area contributed by atoms with Crippen molar-refractivity contribution in [3.63, 3.8) is 0 Å². The van der Waals surface area contributed by atoms with Crippen LogP contribution in [0.2, 0.25) is 5.02 Å². The summed E-state index contributed by atoms with van der Waals surface area (Å²) in [6.07, 6.45) is 0. The lowest BCUT2D eigenvalue weighted by atomic mass is 10.1. The Morgan fingerprint density at radius 1 is 1.15 bits per heavy atom. The Hall–Kier alpha value is -2.40. The summed E-state index contributed by atoms with van der Waals surface area (Å²) in [5.41, 5.74) is 3.15. The van der Waals surface area contributed by atoms with Gasteiger partial charge in [-0.2, -0.15) is 0 Å². The number of anilines is 1. The van der Waals surface area contributed by atoms with E-state index in [0.29, 0.717) is 19.6 Å². The van der Waals surface area contributed by atoms with E-state index in [-0.39, 0.29) is 6.03 Å². The third-order valence-electron chi connectivity index (χ3n) is 4.66. The number of aryl methyl sites for hydroxylation is 1. The van der Waals surface area contributed by atoms with Crippen molar-refractivity contribution in [2.45, 2.75) is 13.5 Å².